The number of amides is 2. The van der Waals surface area contributed by atoms with E-state index in [-0.39, 0.29) is 50.5 Å². The van der Waals surface area contributed by atoms with Crippen molar-refractivity contribution in [1.29, 1.82) is 0 Å². The lowest BCUT2D eigenvalue weighted by molar-refractivity contribution is -0.299. The van der Waals surface area contributed by atoms with Crippen LogP contribution in [0.4, 0.5) is 9.59 Å². The Bertz CT molecular complexity index is 2590. The van der Waals surface area contributed by atoms with Crippen LogP contribution in [-0.4, -0.2) is 174 Å². The van der Waals surface area contributed by atoms with Crippen molar-refractivity contribution in [2.75, 3.05) is 6.61 Å². The summed E-state index contributed by atoms with van der Waals surface area (Å²) in [4.78, 5) is 39.0. The molecule has 82 heavy (non-hydrogen) atoms. The second kappa shape index (κ2) is 30.1. The van der Waals surface area contributed by atoms with Crippen LogP contribution in [0, 0.1) is 11.8 Å². The lowest BCUT2D eigenvalue weighted by atomic mass is 9.87. The predicted octanol–water partition coefficient (Wildman–Crippen LogP) is 4.71. The lowest BCUT2D eigenvalue weighted by Gasteiger charge is -2.45. The summed E-state index contributed by atoms with van der Waals surface area (Å²) in [6.07, 6.45) is 3.80. The highest BCUT2D eigenvalue weighted by atomic mass is 16.7. The van der Waals surface area contributed by atoms with Crippen molar-refractivity contribution in [2.24, 2.45) is 11.8 Å². The molecular formula is C62H82N2O18. The molecule has 2 bridgehead atoms. The number of allylic oxidation sites excluding steroid dienone is 12. The number of hydrogen-bond donors (Lipinski definition) is 11. The van der Waals surface area contributed by atoms with Crippen LogP contribution in [0.1, 0.15) is 96.1 Å². The second-order valence-electron chi connectivity index (χ2n) is 22.2. The van der Waals surface area contributed by atoms with E-state index in [1.165, 1.54) is 0 Å². The Morgan fingerprint density at radius 2 is 1.24 bits per heavy atom. The van der Waals surface area contributed by atoms with Crippen molar-refractivity contribution >= 4 is 18.2 Å². The van der Waals surface area contributed by atoms with E-state index in [4.69, 9.17) is 28.4 Å². The Morgan fingerprint density at radius 1 is 0.646 bits per heavy atom. The Kier molecular flexibility index (Phi) is 23.4. The summed E-state index contributed by atoms with van der Waals surface area (Å²) < 4.78 is 35.6. The molecule has 0 saturated carbocycles. The van der Waals surface area contributed by atoms with Crippen LogP contribution in [0.15, 0.2) is 134 Å². The van der Waals surface area contributed by atoms with E-state index in [1.807, 2.05) is 98.0 Å². The molecule has 0 aromatic heterocycles. The highest BCUT2D eigenvalue weighted by Gasteiger charge is 2.53. The van der Waals surface area contributed by atoms with Crippen LogP contribution in [0.3, 0.4) is 0 Å². The van der Waals surface area contributed by atoms with E-state index in [2.05, 4.69) is 10.6 Å². The molecule has 448 valence electrons. The van der Waals surface area contributed by atoms with Gasteiger partial charge in [0.2, 0.25) is 0 Å². The largest absolute Gasteiger partial charge is 0.462 e. The van der Waals surface area contributed by atoms with Gasteiger partial charge in [-0.25, -0.2) is 9.59 Å². The maximum Gasteiger partial charge on any atom is 0.407 e. The first kappa shape index (κ1) is 63.7. The van der Waals surface area contributed by atoms with Crippen LogP contribution >= 0.6 is 0 Å². The molecule has 0 radical (unpaired) electrons. The maximum absolute atomic E-state index is 13.5. The highest BCUT2D eigenvalue weighted by Crippen LogP contribution is 2.45. The van der Waals surface area contributed by atoms with E-state index in [0.29, 0.717) is 0 Å². The van der Waals surface area contributed by atoms with Gasteiger partial charge >= 0.3 is 18.2 Å². The molecule has 3 saturated heterocycles. The molecule has 1 unspecified atom stereocenters. The van der Waals surface area contributed by atoms with Gasteiger partial charge in [0.15, 0.2) is 12.1 Å². The third-order valence-corrected chi connectivity index (χ3v) is 15.8. The maximum atomic E-state index is 13.5. The summed E-state index contributed by atoms with van der Waals surface area (Å²) in [5.41, 5.74) is 4.08. The molecule has 4 aliphatic heterocycles. The van der Waals surface area contributed by atoms with E-state index < -0.39 is 147 Å². The SMILES string of the molecule is C[C@@H]1[C@H](O)[C@@H](C)/C=C/C=C/C=C/C=C/C=C/C=C/C=C/[C@H](O[C@@H]2O[C@H](C)[C@@H](O)[C@H](NC(=O)OCC3c4ccccc4-c4ccccc43)[C@@H]2O)CC2O[C@](O)(C[C@@H](O)C[C@@H](O)[C@H](O)CC[C@@H](O)C[C@@H](O)CC(=O)O[C@H]1C)C[C@@H]1OC(=O)N[C@@H]21. The average molecular weight is 1140 g/mol. The number of esters is 1. The van der Waals surface area contributed by atoms with Crippen molar-refractivity contribution < 1.29 is 88.8 Å². The molecule has 20 nitrogen and oxygen atoms in total. The van der Waals surface area contributed by atoms with Crippen LogP contribution in [0.5, 0.6) is 0 Å². The highest BCUT2D eigenvalue weighted by molar-refractivity contribution is 5.79. The van der Waals surface area contributed by atoms with Gasteiger partial charge in [0.1, 0.15) is 31.0 Å². The molecule has 19 atom stereocenters. The molecular weight excluding hydrogens is 1060 g/mol. The minimum atomic E-state index is -2.16. The fourth-order valence-electron chi connectivity index (χ4n) is 11.1. The fourth-order valence-corrected chi connectivity index (χ4v) is 11.1. The Balaban J connectivity index is 1.07. The van der Waals surface area contributed by atoms with Gasteiger partial charge in [-0.1, -0.05) is 147 Å². The molecule has 4 heterocycles. The fraction of sp³-hybridized carbons (Fsp3) is 0.532. The van der Waals surface area contributed by atoms with Crippen LogP contribution in [-0.2, 0) is 33.2 Å². The summed E-state index contributed by atoms with van der Waals surface area (Å²) in [5, 5.41) is 106. The van der Waals surface area contributed by atoms with Gasteiger partial charge in [0.25, 0.3) is 0 Å². The standard InChI is InChI=1S/C62H82N2O18/c1-36-21-15-13-11-9-7-5-6-8-10-12-14-16-22-43(80-59-58(73)55(57(72)39(4)79-59)64-60(74)77-35-48-46-25-19-17-23-44(46)45-24-18-20-26-47(45)48)32-51-54-52(81-61(75)63-54)34-62(76,82-51)33-42(67)30-50(69)49(68)28-27-40(65)29-41(66)31-53(70)78-38(3)37(2)56(36)71/h5-26,36-43,48-52,54-59,65-69,71-73,76H,27-35H2,1-4H3,(H,63,75)(H,64,74)/b6-5+,9-7+,10-8+,13-11+,14-12+,21-15+,22-16+/t36-,37-,38-,39+,40+,41+,42-,43-,49+,50+,51?,52-,54-,55-,56+,57+,58-,59-,62+/m0/s1. The quantitative estimate of drug-likeness (QED) is 0.143. The normalized spacial score (nSPS) is 39.5. The molecule has 1 aliphatic carbocycles. The number of fused-ring (bicyclic) bond motifs is 7. The lowest BCUT2D eigenvalue weighted by Crippen LogP contribution is -2.64. The van der Waals surface area contributed by atoms with Gasteiger partial charge in [-0.05, 0) is 55.4 Å². The van der Waals surface area contributed by atoms with E-state index >= 15 is 0 Å². The van der Waals surface area contributed by atoms with E-state index in [0.717, 1.165) is 22.3 Å². The molecule has 2 aromatic rings. The Hall–Kier alpha value is -5.85. The van der Waals surface area contributed by atoms with Crippen molar-refractivity contribution in [2.45, 2.75) is 188 Å². The minimum absolute atomic E-state index is 0.0227. The number of carbonyl (C=O) groups excluding carboxylic acids is 3. The number of nitrogens with one attached hydrogen (secondary N) is 2. The zero-order valence-corrected chi connectivity index (χ0v) is 46.7. The number of aliphatic hydroxyl groups excluding tert-OH is 8. The number of aliphatic hydroxyl groups is 9. The first-order valence-electron chi connectivity index (χ1n) is 28.3. The minimum Gasteiger partial charge on any atom is -0.462 e. The molecule has 5 aliphatic rings. The molecule has 2 aromatic carbocycles. The number of ether oxygens (including phenoxy) is 6. The molecule has 3 fully saturated rings. The van der Waals surface area contributed by atoms with Gasteiger partial charge in [-0.15, -0.1) is 0 Å². The summed E-state index contributed by atoms with van der Waals surface area (Å²) in [6, 6.07) is 13.6. The predicted molar refractivity (Wildman–Crippen MR) is 301 cm³/mol. The van der Waals surface area contributed by atoms with E-state index in [9.17, 15) is 60.3 Å². The van der Waals surface area contributed by atoms with Crippen molar-refractivity contribution in [1.82, 2.24) is 10.6 Å². The van der Waals surface area contributed by atoms with E-state index in [1.54, 1.807) is 63.3 Å². The monoisotopic (exact) mass is 1140 g/mol. The van der Waals surface area contributed by atoms with Gasteiger partial charge < -0.3 is 85.0 Å². The summed E-state index contributed by atoms with van der Waals surface area (Å²) in [7, 11) is 0. The Morgan fingerprint density at radius 3 is 1.88 bits per heavy atom. The summed E-state index contributed by atoms with van der Waals surface area (Å²) in [5.74, 6) is -3.88. The van der Waals surface area contributed by atoms with Crippen LogP contribution in [0.2, 0.25) is 0 Å². The van der Waals surface area contributed by atoms with Gasteiger partial charge in [-0.2, -0.15) is 0 Å². The van der Waals surface area contributed by atoms with Crippen LogP contribution in [0.25, 0.3) is 11.1 Å². The second-order valence-corrected chi connectivity index (χ2v) is 22.2. The number of hydrogen-bond acceptors (Lipinski definition) is 18. The number of alkyl carbamates (subject to hydrolysis) is 2. The topological polar surface area (TPSA) is 313 Å². The Labute approximate surface area is 478 Å². The zero-order valence-electron chi connectivity index (χ0n) is 46.7. The number of benzene rings is 2. The first-order valence-corrected chi connectivity index (χ1v) is 28.3. The summed E-state index contributed by atoms with van der Waals surface area (Å²) >= 11 is 0. The number of rotatable bonds is 5. The van der Waals surface area contributed by atoms with Crippen LogP contribution < -0.4 is 10.6 Å². The molecule has 0 spiro atoms. The zero-order chi connectivity index (χ0) is 59.1. The summed E-state index contributed by atoms with van der Waals surface area (Å²) in [6.45, 7) is 6.77. The van der Waals surface area contributed by atoms with Crippen molar-refractivity contribution in [3.8, 4) is 11.1 Å². The number of carbonyl (C=O) groups is 3. The average Bonchev–Trinajstić information content (AvgIpc) is 4.04. The number of cyclic esters (lactones) is 1. The molecule has 20 heteroatoms. The van der Waals surface area contributed by atoms with Gasteiger partial charge in [-0.3, -0.25) is 4.79 Å². The van der Waals surface area contributed by atoms with Gasteiger partial charge in [0, 0.05) is 43.4 Å². The molecule has 2 amide bonds. The van der Waals surface area contributed by atoms with Gasteiger partial charge in [0.05, 0.1) is 73.4 Å². The molecule has 7 rings (SSSR count). The third-order valence-electron chi connectivity index (χ3n) is 15.8. The van der Waals surface area contributed by atoms with Crippen molar-refractivity contribution in [3.63, 3.8) is 0 Å². The molecule has 11 N–H and O–H groups in total. The van der Waals surface area contributed by atoms with Crippen molar-refractivity contribution in [3.05, 3.63) is 145 Å². The third kappa shape index (κ3) is 17.6. The first-order chi connectivity index (χ1) is 39.2. The smallest absolute Gasteiger partial charge is 0.407 e.